The second-order valence-corrected chi connectivity index (χ2v) is 11.1. The molecule has 0 aliphatic carbocycles. The number of hydrogen-bond donors (Lipinski definition) is 4. The summed E-state index contributed by atoms with van der Waals surface area (Å²) in [6, 6.07) is 20.2. The molecule has 4 N–H and O–H groups in total. The van der Waals surface area contributed by atoms with Gasteiger partial charge in [0, 0.05) is 22.3 Å². The molecule has 3 rings (SSSR count). The van der Waals surface area contributed by atoms with Crippen LogP contribution in [0.4, 0.5) is 0 Å². The number of carbonyl (C=O) groups is 4. The summed E-state index contributed by atoms with van der Waals surface area (Å²) in [5.74, 6) is -2.12. The number of nitrogens with one attached hydrogen (secondary N) is 4. The van der Waals surface area contributed by atoms with Crippen LogP contribution in [0, 0.1) is 0 Å². The summed E-state index contributed by atoms with van der Waals surface area (Å²) in [4.78, 5) is 50.0. The van der Waals surface area contributed by atoms with Crippen molar-refractivity contribution < 1.29 is 19.2 Å². The van der Waals surface area contributed by atoms with Crippen LogP contribution < -0.4 is 21.7 Å². The number of carbonyl (C=O) groups excluding carboxylic acids is 4. The molecule has 8 heteroatoms. The fraction of sp³-hybridized carbons (Fsp3) is 0.267. The monoisotopic (exact) mass is 514 g/mol. The van der Waals surface area contributed by atoms with Gasteiger partial charge in [0.1, 0.15) is 0 Å². The molecule has 0 fully saturated rings. The molecule has 198 valence electrons. The first-order chi connectivity index (χ1) is 17.8. The SMILES string of the molecule is CC(C)(C)c1ccc(C(=O)NNC(=O)c2cccc(C(=O)NNC(=O)c3ccc(C(C)(C)C)cc3)c2)cc1. The van der Waals surface area contributed by atoms with Gasteiger partial charge in [-0.15, -0.1) is 0 Å². The van der Waals surface area contributed by atoms with Gasteiger partial charge in [-0.3, -0.25) is 40.9 Å². The lowest BCUT2D eigenvalue weighted by molar-refractivity contribution is 0.0842. The highest BCUT2D eigenvalue weighted by molar-refractivity contribution is 6.02. The number of hydrazine groups is 2. The van der Waals surface area contributed by atoms with Gasteiger partial charge in [0.05, 0.1) is 0 Å². The van der Waals surface area contributed by atoms with Crippen LogP contribution in [0.5, 0.6) is 0 Å². The van der Waals surface area contributed by atoms with Crippen molar-refractivity contribution in [2.75, 3.05) is 0 Å². The smallest absolute Gasteiger partial charge is 0.267 e. The highest BCUT2D eigenvalue weighted by atomic mass is 16.2. The molecule has 0 aliphatic rings. The summed E-state index contributed by atoms with van der Waals surface area (Å²) < 4.78 is 0. The maximum atomic E-state index is 12.6. The third-order valence-corrected chi connectivity index (χ3v) is 5.99. The van der Waals surface area contributed by atoms with Crippen molar-refractivity contribution in [1.82, 2.24) is 21.7 Å². The molecule has 0 radical (unpaired) electrons. The first kappa shape index (κ1) is 28.1. The highest BCUT2D eigenvalue weighted by Gasteiger charge is 2.17. The minimum atomic E-state index is -0.595. The highest BCUT2D eigenvalue weighted by Crippen LogP contribution is 2.23. The van der Waals surface area contributed by atoms with Gasteiger partial charge in [-0.05, 0) is 64.4 Å². The molecule has 0 saturated carbocycles. The van der Waals surface area contributed by atoms with Gasteiger partial charge < -0.3 is 0 Å². The molecule has 0 atom stereocenters. The van der Waals surface area contributed by atoms with E-state index in [9.17, 15) is 19.2 Å². The van der Waals surface area contributed by atoms with E-state index in [0.717, 1.165) is 11.1 Å². The van der Waals surface area contributed by atoms with Crippen LogP contribution in [0.1, 0.15) is 94.1 Å². The number of hydrogen-bond acceptors (Lipinski definition) is 4. The molecular weight excluding hydrogens is 480 g/mol. The van der Waals surface area contributed by atoms with Gasteiger partial charge >= 0.3 is 0 Å². The van der Waals surface area contributed by atoms with Gasteiger partial charge in [0.25, 0.3) is 23.6 Å². The summed E-state index contributed by atoms with van der Waals surface area (Å²) in [7, 11) is 0. The van der Waals surface area contributed by atoms with Crippen molar-refractivity contribution in [2.24, 2.45) is 0 Å². The first-order valence-electron chi connectivity index (χ1n) is 12.3. The normalized spacial score (nSPS) is 11.3. The molecule has 0 saturated heterocycles. The minimum Gasteiger partial charge on any atom is -0.267 e. The lowest BCUT2D eigenvalue weighted by Gasteiger charge is -2.19. The molecule has 3 aromatic carbocycles. The van der Waals surface area contributed by atoms with Crippen molar-refractivity contribution in [3.63, 3.8) is 0 Å². The minimum absolute atomic E-state index is 0.0406. The molecule has 0 bridgehead atoms. The third kappa shape index (κ3) is 7.29. The predicted octanol–water partition coefficient (Wildman–Crippen LogP) is 4.43. The second-order valence-electron chi connectivity index (χ2n) is 11.1. The van der Waals surface area contributed by atoms with Gasteiger partial charge in [0.15, 0.2) is 0 Å². The van der Waals surface area contributed by atoms with Crippen molar-refractivity contribution >= 4 is 23.6 Å². The summed E-state index contributed by atoms with van der Waals surface area (Å²) in [5, 5.41) is 0. The van der Waals surface area contributed by atoms with Crippen LogP contribution in [0.25, 0.3) is 0 Å². The largest absolute Gasteiger partial charge is 0.269 e. The Morgan fingerprint density at radius 3 is 1.03 bits per heavy atom. The fourth-order valence-corrected chi connectivity index (χ4v) is 3.56. The maximum Gasteiger partial charge on any atom is 0.269 e. The zero-order chi connectivity index (χ0) is 28.1. The lowest BCUT2D eigenvalue weighted by Crippen LogP contribution is -2.42. The first-order valence-corrected chi connectivity index (χ1v) is 12.3. The predicted molar refractivity (Wildman–Crippen MR) is 147 cm³/mol. The van der Waals surface area contributed by atoms with E-state index in [1.165, 1.54) is 24.3 Å². The zero-order valence-electron chi connectivity index (χ0n) is 22.6. The molecular formula is C30H34N4O4. The number of benzene rings is 3. The zero-order valence-corrected chi connectivity index (χ0v) is 22.6. The third-order valence-electron chi connectivity index (χ3n) is 5.99. The van der Waals surface area contributed by atoms with Crippen molar-refractivity contribution in [3.05, 3.63) is 106 Å². The quantitative estimate of drug-likeness (QED) is 0.386. The molecule has 0 spiro atoms. The molecule has 3 aromatic rings. The lowest BCUT2D eigenvalue weighted by atomic mass is 9.87. The average molecular weight is 515 g/mol. The van der Waals surface area contributed by atoms with Crippen molar-refractivity contribution in [1.29, 1.82) is 0 Å². The Bertz CT molecular complexity index is 1230. The van der Waals surface area contributed by atoms with Crippen molar-refractivity contribution in [2.45, 2.75) is 52.4 Å². The summed E-state index contributed by atoms with van der Waals surface area (Å²) in [6.07, 6.45) is 0. The van der Waals surface area contributed by atoms with Gasteiger partial charge in [-0.1, -0.05) is 71.9 Å². The van der Waals surface area contributed by atoms with E-state index in [1.54, 1.807) is 24.3 Å². The van der Waals surface area contributed by atoms with E-state index in [2.05, 4.69) is 63.2 Å². The standard InChI is InChI=1S/C30H34N4O4/c1-29(2,3)23-14-10-19(11-15-23)25(35)31-33-27(37)21-8-7-9-22(18-21)28(38)34-32-26(36)20-12-16-24(17-13-20)30(4,5)6/h7-18H,1-6H3,(H,31,35)(H,32,36)(H,33,37)(H,34,38). The van der Waals surface area contributed by atoms with E-state index >= 15 is 0 Å². The van der Waals surface area contributed by atoms with E-state index < -0.39 is 23.6 Å². The van der Waals surface area contributed by atoms with Gasteiger partial charge in [-0.25, -0.2) is 0 Å². The molecule has 8 nitrogen and oxygen atoms in total. The maximum absolute atomic E-state index is 12.6. The Morgan fingerprint density at radius 1 is 0.447 bits per heavy atom. The molecule has 0 unspecified atom stereocenters. The molecule has 0 aromatic heterocycles. The van der Waals surface area contributed by atoms with E-state index in [4.69, 9.17) is 0 Å². The van der Waals surface area contributed by atoms with Crippen LogP contribution >= 0.6 is 0 Å². The molecule has 0 aliphatic heterocycles. The Hall–Kier alpha value is -4.46. The molecule has 0 heterocycles. The van der Waals surface area contributed by atoms with E-state index in [0.29, 0.717) is 11.1 Å². The summed E-state index contributed by atoms with van der Waals surface area (Å²) in [6.45, 7) is 12.5. The Labute approximate surface area is 223 Å². The van der Waals surface area contributed by atoms with Crippen LogP contribution in [0.2, 0.25) is 0 Å². The molecule has 4 amide bonds. The number of rotatable bonds is 4. The van der Waals surface area contributed by atoms with Crippen LogP contribution in [-0.4, -0.2) is 23.6 Å². The second kappa shape index (κ2) is 11.3. The topological polar surface area (TPSA) is 116 Å². The van der Waals surface area contributed by atoms with Crippen molar-refractivity contribution in [3.8, 4) is 0 Å². The van der Waals surface area contributed by atoms with Crippen LogP contribution in [-0.2, 0) is 10.8 Å². The van der Waals surface area contributed by atoms with Crippen LogP contribution in [0.15, 0.2) is 72.8 Å². The van der Waals surface area contributed by atoms with Gasteiger partial charge in [0.2, 0.25) is 0 Å². The number of amides is 4. The van der Waals surface area contributed by atoms with E-state index in [1.807, 2.05) is 24.3 Å². The Kier molecular flexibility index (Phi) is 8.36. The summed E-state index contributed by atoms with van der Waals surface area (Å²) in [5.41, 5.74) is 12.7. The van der Waals surface area contributed by atoms with Crippen LogP contribution in [0.3, 0.4) is 0 Å². The average Bonchev–Trinajstić information content (AvgIpc) is 2.89. The fourth-order valence-electron chi connectivity index (χ4n) is 3.56. The molecule has 38 heavy (non-hydrogen) atoms. The van der Waals surface area contributed by atoms with Gasteiger partial charge in [-0.2, -0.15) is 0 Å². The van der Waals surface area contributed by atoms with E-state index in [-0.39, 0.29) is 22.0 Å². The Balaban J connectivity index is 1.55. The Morgan fingerprint density at radius 2 is 0.737 bits per heavy atom. The summed E-state index contributed by atoms with van der Waals surface area (Å²) >= 11 is 0.